The highest BCUT2D eigenvalue weighted by Gasteiger charge is 2.14. The van der Waals surface area contributed by atoms with Gasteiger partial charge in [-0.2, -0.15) is 5.10 Å². The Labute approximate surface area is 178 Å². The number of carbonyl (C=O) groups excluding carboxylic acids is 1. The minimum atomic E-state index is -0.570. The summed E-state index contributed by atoms with van der Waals surface area (Å²) in [7, 11) is 0. The van der Waals surface area contributed by atoms with Gasteiger partial charge < -0.3 is 15.2 Å². The van der Waals surface area contributed by atoms with Crippen molar-refractivity contribution < 1.29 is 19.0 Å². The third-order valence-corrected chi connectivity index (χ3v) is 4.90. The number of nitrogens with one attached hydrogen (secondary N) is 1. The molecule has 1 heterocycles. The van der Waals surface area contributed by atoms with Crippen LogP contribution in [0.1, 0.15) is 5.56 Å². The normalized spacial score (nSPS) is 11.9. The Hall–Kier alpha value is -3.71. The Balaban J connectivity index is 1.48. The number of aromatic nitrogens is 2. The van der Waals surface area contributed by atoms with Crippen molar-refractivity contribution >= 4 is 16.8 Å². The van der Waals surface area contributed by atoms with Crippen LogP contribution in [0.2, 0.25) is 0 Å². The summed E-state index contributed by atoms with van der Waals surface area (Å²) in [6.07, 6.45) is 2.30. The van der Waals surface area contributed by atoms with E-state index in [0.717, 1.165) is 22.2 Å². The van der Waals surface area contributed by atoms with Crippen molar-refractivity contribution in [1.29, 1.82) is 0 Å². The Morgan fingerprint density at radius 1 is 1.10 bits per heavy atom. The van der Waals surface area contributed by atoms with Crippen LogP contribution in [-0.4, -0.2) is 40.0 Å². The molecule has 0 spiro atoms. The van der Waals surface area contributed by atoms with Crippen LogP contribution in [0.5, 0.6) is 5.75 Å². The van der Waals surface area contributed by atoms with Crippen molar-refractivity contribution in [3.63, 3.8) is 0 Å². The summed E-state index contributed by atoms with van der Waals surface area (Å²) in [6, 6.07) is 21.2. The summed E-state index contributed by atoms with van der Waals surface area (Å²) >= 11 is 0. The summed E-state index contributed by atoms with van der Waals surface area (Å²) < 4.78 is 20.9. The molecule has 31 heavy (non-hydrogen) atoms. The Bertz CT molecular complexity index is 1160. The highest BCUT2D eigenvalue weighted by Crippen LogP contribution is 2.23. The number of halogens is 1. The van der Waals surface area contributed by atoms with Crippen LogP contribution in [0.4, 0.5) is 4.39 Å². The molecule has 7 heteroatoms. The molecule has 0 saturated carbocycles. The summed E-state index contributed by atoms with van der Waals surface area (Å²) in [5, 5.41) is 17.1. The second-order valence-corrected chi connectivity index (χ2v) is 7.18. The minimum absolute atomic E-state index is 0.248. The summed E-state index contributed by atoms with van der Waals surface area (Å²) in [5.41, 5.74) is 2.69. The molecule has 4 rings (SSSR count). The molecule has 0 bridgehead atoms. The van der Waals surface area contributed by atoms with Crippen LogP contribution < -0.4 is 10.1 Å². The number of fused-ring (bicyclic) bond motifs is 1. The summed E-state index contributed by atoms with van der Waals surface area (Å²) in [6.45, 7) is -0.321. The first kappa shape index (κ1) is 20.6. The van der Waals surface area contributed by atoms with Crippen LogP contribution in [0, 0.1) is 5.82 Å². The van der Waals surface area contributed by atoms with Crippen LogP contribution in [-0.2, 0) is 11.2 Å². The topological polar surface area (TPSA) is 76.4 Å². The minimum Gasteiger partial charge on any atom is -0.491 e. The number of benzene rings is 3. The van der Waals surface area contributed by atoms with E-state index < -0.39 is 12.5 Å². The van der Waals surface area contributed by atoms with Gasteiger partial charge in [-0.15, -0.1) is 0 Å². The molecule has 158 valence electrons. The molecular formula is C24H22FN3O3. The van der Waals surface area contributed by atoms with E-state index in [9.17, 15) is 9.18 Å². The standard InChI is InChI=1S/C24H22FN3O3/c25-19-6-8-21(9-7-19)28-23-11-10-22(13-18(23)14-26-28)31-16-20(27-24(30)15-29)12-17-4-2-1-3-5-17/h1-11,13-14,20,29H,12,15-16H2,(H,27,30). The molecule has 0 saturated heterocycles. The lowest BCUT2D eigenvalue weighted by Gasteiger charge is -2.19. The predicted molar refractivity (Wildman–Crippen MR) is 116 cm³/mol. The zero-order valence-electron chi connectivity index (χ0n) is 16.7. The molecule has 2 N–H and O–H groups in total. The van der Waals surface area contributed by atoms with E-state index in [4.69, 9.17) is 9.84 Å². The van der Waals surface area contributed by atoms with Gasteiger partial charge in [-0.25, -0.2) is 9.07 Å². The van der Waals surface area contributed by atoms with Gasteiger partial charge in [0.05, 0.1) is 23.4 Å². The van der Waals surface area contributed by atoms with Crippen LogP contribution in [0.25, 0.3) is 16.6 Å². The van der Waals surface area contributed by atoms with E-state index in [1.807, 2.05) is 48.5 Å². The maximum absolute atomic E-state index is 13.2. The van der Waals surface area contributed by atoms with E-state index in [1.165, 1.54) is 12.1 Å². The number of hydrogen-bond donors (Lipinski definition) is 2. The molecule has 4 aromatic rings. The lowest BCUT2D eigenvalue weighted by atomic mass is 10.1. The maximum atomic E-state index is 13.2. The first-order valence-corrected chi connectivity index (χ1v) is 9.93. The molecule has 0 radical (unpaired) electrons. The van der Waals surface area contributed by atoms with Crippen molar-refractivity contribution in [3.8, 4) is 11.4 Å². The number of amides is 1. The van der Waals surface area contributed by atoms with E-state index in [0.29, 0.717) is 12.2 Å². The molecule has 6 nitrogen and oxygen atoms in total. The molecule has 0 aliphatic heterocycles. The molecule has 0 aliphatic rings. The molecule has 3 aromatic carbocycles. The Morgan fingerprint density at radius 2 is 1.87 bits per heavy atom. The van der Waals surface area contributed by atoms with Gasteiger partial charge in [-0.05, 0) is 54.4 Å². The second-order valence-electron chi connectivity index (χ2n) is 7.18. The number of carbonyl (C=O) groups is 1. The number of aliphatic hydroxyl groups excluding tert-OH is 1. The van der Waals surface area contributed by atoms with E-state index in [-0.39, 0.29) is 18.5 Å². The monoisotopic (exact) mass is 419 g/mol. The smallest absolute Gasteiger partial charge is 0.246 e. The lowest BCUT2D eigenvalue weighted by Crippen LogP contribution is -2.42. The van der Waals surface area contributed by atoms with Crippen molar-refractivity contribution in [2.75, 3.05) is 13.2 Å². The van der Waals surface area contributed by atoms with Gasteiger partial charge in [0, 0.05) is 5.39 Å². The van der Waals surface area contributed by atoms with Gasteiger partial charge in [0.2, 0.25) is 5.91 Å². The zero-order chi connectivity index (χ0) is 21.6. The van der Waals surface area contributed by atoms with E-state index >= 15 is 0 Å². The summed E-state index contributed by atoms with van der Waals surface area (Å²) in [4.78, 5) is 11.7. The van der Waals surface area contributed by atoms with E-state index in [1.54, 1.807) is 23.0 Å². The first-order valence-electron chi connectivity index (χ1n) is 9.93. The fraction of sp³-hybridized carbons (Fsp3) is 0.167. The highest BCUT2D eigenvalue weighted by atomic mass is 19.1. The number of rotatable bonds is 8. The Kier molecular flexibility index (Phi) is 6.24. The Morgan fingerprint density at radius 3 is 2.61 bits per heavy atom. The van der Waals surface area contributed by atoms with Crippen molar-refractivity contribution in [3.05, 3.63) is 90.4 Å². The lowest BCUT2D eigenvalue weighted by molar-refractivity contribution is -0.124. The number of hydrogen-bond acceptors (Lipinski definition) is 4. The molecule has 0 fully saturated rings. The van der Waals surface area contributed by atoms with Crippen molar-refractivity contribution in [1.82, 2.24) is 15.1 Å². The molecule has 1 atom stereocenters. The highest BCUT2D eigenvalue weighted by molar-refractivity contribution is 5.81. The maximum Gasteiger partial charge on any atom is 0.246 e. The van der Waals surface area contributed by atoms with Crippen LogP contribution in [0.3, 0.4) is 0 Å². The van der Waals surface area contributed by atoms with Crippen LogP contribution >= 0.6 is 0 Å². The first-order chi connectivity index (χ1) is 15.1. The van der Waals surface area contributed by atoms with Gasteiger partial charge in [0.1, 0.15) is 24.8 Å². The molecular weight excluding hydrogens is 397 g/mol. The number of aliphatic hydroxyl groups is 1. The average Bonchev–Trinajstić information content (AvgIpc) is 3.22. The van der Waals surface area contributed by atoms with Crippen molar-refractivity contribution in [2.45, 2.75) is 12.5 Å². The third kappa shape index (κ3) is 5.07. The largest absolute Gasteiger partial charge is 0.491 e. The SMILES string of the molecule is O=C(CO)NC(COc1ccc2c(cnn2-c2ccc(F)cc2)c1)Cc1ccccc1. The van der Waals surface area contributed by atoms with Gasteiger partial charge in [-0.3, -0.25) is 4.79 Å². The van der Waals surface area contributed by atoms with E-state index in [2.05, 4.69) is 10.4 Å². The van der Waals surface area contributed by atoms with Crippen molar-refractivity contribution in [2.24, 2.45) is 0 Å². The second kappa shape index (κ2) is 9.40. The predicted octanol–water partition coefficient (Wildman–Crippen LogP) is 3.26. The third-order valence-electron chi connectivity index (χ3n) is 4.90. The van der Waals surface area contributed by atoms with Crippen LogP contribution in [0.15, 0.2) is 79.0 Å². The van der Waals surface area contributed by atoms with Gasteiger partial charge in [-0.1, -0.05) is 30.3 Å². The fourth-order valence-electron chi connectivity index (χ4n) is 3.41. The van der Waals surface area contributed by atoms with Gasteiger partial charge in [0.15, 0.2) is 0 Å². The zero-order valence-corrected chi connectivity index (χ0v) is 16.7. The molecule has 1 amide bonds. The van der Waals surface area contributed by atoms with Gasteiger partial charge in [0.25, 0.3) is 0 Å². The summed E-state index contributed by atoms with van der Waals surface area (Å²) in [5.74, 6) is -0.0998. The molecule has 1 unspecified atom stereocenters. The number of nitrogens with zero attached hydrogens (tertiary/aromatic N) is 2. The number of ether oxygens (including phenoxy) is 1. The molecule has 1 aromatic heterocycles. The fourth-order valence-corrected chi connectivity index (χ4v) is 3.41. The average molecular weight is 419 g/mol. The molecule has 0 aliphatic carbocycles. The van der Waals surface area contributed by atoms with Gasteiger partial charge >= 0.3 is 0 Å². The quantitative estimate of drug-likeness (QED) is 0.460.